The fraction of sp³-hybridized carbons (Fsp3) is 0.517. The summed E-state index contributed by atoms with van der Waals surface area (Å²) in [7, 11) is 0. The Hall–Kier alpha value is -3.30. The predicted molar refractivity (Wildman–Crippen MR) is 144 cm³/mol. The van der Waals surface area contributed by atoms with Gasteiger partial charge in [-0.25, -0.2) is 4.68 Å². The summed E-state index contributed by atoms with van der Waals surface area (Å²) >= 11 is 0. The van der Waals surface area contributed by atoms with Gasteiger partial charge in [-0.3, -0.25) is 9.69 Å². The number of H-pyrrole nitrogens is 1. The van der Waals surface area contributed by atoms with E-state index in [0.717, 1.165) is 68.2 Å². The molecule has 38 heavy (non-hydrogen) atoms. The minimum Gasteiger partial charge on any atom is -0.468 e. The molecule has 0 bridgehead atoms. The van der Waals surface area contributed by atoms with Gasteiger partial charge in [-0.05, 0) is 83.8 Å². The van der Waals surface area contributed by atoms with Crippen LogP contribution in [0.3, 0.4) is 0 Å². The monoisotopic (exact) mass is 516 g/mol. The Kier molecular flexibility index (Phi) is 7.38. The van der Waals surface area contributed by atoms with Crippen molar-refractivity contribution in [3.8, 4) is 0 Å². The van der Waals surface area contributed by atoms with Crippen molar-refractivity contribution in [2.24, 2.45) is 0 Å². The molecule has 1 aliphatic heterocycles. The lowest BCUT2D eigenvalue weighted by molar-refractivity contribution is 0.0539. The number of rotatable bonds is 9. The quantitative estimate of drug-likeness (QED) is 0.336. The van der Waals surface area contributed by atoms with E-state index in [9.17, 15) is 4.79 Å². The Balaban J connectivity index is 1.50. The van der Waals surface area contributed by atoms with Crippen LogP contribution < -0.4 is 5.56 Å². The zero-order valence-corrected chi connectivity index (χ0v) is 22.0. The van der Waals surface area contributed by atoms with Gasteiger partial charge in [-0.15, -0.1) is 5.10 Å². The second kappa shape index (κ2) is 11.2. The molecule has 1 saturated carbocycles. The molecule has 0 unspecified atom stereocenters. The molecule has 0 radical (unpaired) electrons. The molecule has 0 amide bonds. The van der Waals surface area contributed by atoms with E-state index in [4.69, 9.17) is 9.15 Å². The van der Waals surface area contributed by atoms with Crippen molar-refractivity contribution in [1.82, 2.24) is 30.1 Å². The summed E-state index contributed by atoms with van der Waals surface area (Å²) < 4.78 is 13.8. The number of aryl methyl sites for hydroxylation is 1. The molecule has 1 aliphatic carbocycles. The number of furan rings is 1. The van der Waals surface area contributed by atoms with Gasteiger partial charge >= 0.3 is 0 Å². The van der Waals surface area contributed by atoms with Gasteiger partial charge < -0.3 is 14.1 Å². The lowest BCUT2D eigenvalue weighted by Gasteiger charge is -2.33. The third-order valence-corrected chi connectivity index (χ3v) is 8.09. The summed E-state index contributed by atoms with van der Waals surface area (Å²) in [6.07, 6.45) is 10.4. The molecule has 9 heteroatoms. The maximum atomic E-state index is 13.7. The Morgan fingerprint density at radius 2 is 2.03 bits per heavy atom. The maximum Gasteiger partial charge on any atom is 0.253 e. The van der Waals surface area contributed by atoms with Crippen molar-refractivity contribution in [2.45, 2.75) is 83.0 Å². The van der Waals surface area contributed by atoms with Gasteiger partial charge in [0.25, 0.3) is 5.56 Å². The molecule has 4 heterocycles. The number of nitrogens with zero attached hydrogens (tertiary/aromatic N) is 5. The van der Waals surface area contributed by atoms with Gasteiger partial charge in [0.2, 0.25) is 0 Å². The normalized spacial score (nSPS) is 19.5. The molecule has 2 atom stereocenters. The van der Waals surface area contributed by atoms with Crippen molar-refractivity contribution >= 4 is 10.9 Å². The zero-order chi connectivity index (χ0) is 25.9. The zero-order valence-electron chi connectivity index (χ0n) is 22.0. The third kappa shape index (κ3) is 5.17. The van der Waals surface area contributed by atoms with Gasteiger partial charge in [0.1, 0.15) is 11.8 Å². The lowest BCUT2D eigenvalue weighted by atomic mass is 9.95. The van der Waals surface area contributed by atoms with E-state index < -0.39 is 6.04 Å². The molecule has 1 aromatic carbocycles. The van der Waals surface area contributed by atoms with Crippen LogP contribution >= 0.6 is 0 Å². The van der Waals surface area contributed by atoms with E-state index in [0.29, 0.717) is 24.5 Å². The van der Waals surface area contributed by atoms with Crippen LogP contribution in [-0.4, -0.2) is 49.3 Å². The number of fused-ring (bicyclic) bond motifs is 1. The first-order chi connectivity index (χ1) is 18.7. The van der Waals surface area contributed by atoms with Crippen molar-refractivity contribution < 1.29 is 9.15 Å². The van der Waals surface area contributed by atoms with Crippen LogP contribution in [0.25, 0.3) is 10.9 Å². The van der Waals surface area contributed by atoms with Gasteiger partial charge in [0, 0.05) is 24.2 Å². The number of tetrazole rings is 1. The first-order valence-corrected chi connectivity index (χ1v) is 14.0. The Morgan fingerprint density at radius 1 is 1.13 bits per heavy atom. The number of hydrogen-bond donors (Lipinski definition) is 1. The van der Waals surface area contributed by atoms with Crippen molar-refractivity contribution in [1.29, 1.82) is 0 Å². The summed E-state index contributed by atoms with van der Waals surface area (Å²) in [5, 5.41) is 14.2. The van der Waals surface area contributed by atoms with Crippen LogP contribution in [0, 0.1) is 0 Å². The molecule has 3 aromatic heterocycles. The summed E-state index contributed by atoms with van der Waals surface area (Å²) in [5.74, 6) is 1.54. The van der Waals surface area contributed by atoms with E-state index >= 15 is 0 Å². The van der Waals surface area contributed by atoms with E-state index in [1.165, 1.54) is 12.0 Å². The van der Waals surface area contributed by atoms with Crippen LogP contribution in [0.1, 0.15) is 86.7 Å². The molecule has 200 valence electrons. The molecule has 1 N–H and O–H groups in total. The fourth-order valence-corrected chi connectivity index (χ4v) is 6.08. The molecule has 1 saturated heterocycles. The minimum atomic E-state index is -0.459. The van der Waals surface area contributed by atoms with Crippen molar-refractivity contribution in [3.63, 3.8) is 0 Å². The van der Waals surface area contributed by atoms with Crippen LogP contribution in [0.5, 0.6) is 0 Å². The molecule has 4 aromatic rings. The van der Waals surface area contributed by atoms with Crippen LogP contribution in [0.2, 0.25) is 0 Å². The van der Waals surface area contributed by atoms with Crippen LogP contribution in [0.4, 0.5) is 0 Å². The molecule has 9 nitrogen and oxygen atoms in total. The molecule has 6 rings (SSSR count). The lowest BCUT2D eigenvalue weighted by Crippen LogP contribution is -2.39. The summed E-state index contributed by atoms with van der Waals surface area (Å²) in [6, 6.07) is 11.9. The third-order valence-electron chi connectivity index (χ3n) is 8.09. The van der Waals surface area contributed by atoms with Gasteiger partial charge in [-0.2, -0.15) is 0 Å². The minimum absolute atomic E-state index is 0.0812. The van der Waals surface area contributed by atoms with E-state index in [2.05, 4.69) is 44.5 Å². The number of benzene rings is 1. The maximum absolute atomic E-state index is 13.7. The van der Waals surface area contributed by atoms with Crippen molar-refractivity contribution in [2.75, 3.05) is 13.2 Å². The molecular weight excluding hydrogens is 480 g/mol. The first-order valence-electron chi connectivity index (χ1n) is 14.0. The number of pyridine rings is 1. The fourth-order valence-electron chi connectivity index (χ4n) is 6.08. The highest BCUT2D eigenvalue weighted by Crippen LogP contribution is 2.34. The standard InChI is InChI=1S/C29H36N6O3/c1-2-20-12-13-26-21(16-20)17-25(29(36)30-26)27(28-31-32-33-35(28)22-8-4-3-5-9-22)34(18-23-10-6-14-37-23)19-24-11-7-15-38-24/h6,10,12-14,16-17,22,24,27H,2-5,7-9,11,15,18-19H2,1H3,(H,30,36)/t24-,27+/m0/s1. The number of nitrogens with one attached hydrogen (secondary N) is 1. The predicted octanol–water partition coefficient (Wildman–Crippen LogP) is 4.95. The molecule has 0 spiro atoms. The summed E-state index contributed by atoms with van der Waals surface area (Å²) in [5.41, 5.74) is 2.58. The van der Waals surface area contributed by atoms with Crippen molar-refractivity contribution in [3.05, 3.63) is 75.7 Å². The number of aromatic amines is 1. The molecular formula is C29H36N6O3. The largest absolute Gasteiger partial charge is 0.468 e. The molecule has 2 fully saturated rings. The number of hydrogen-bond acceptors (Lipinski definition) is 7. The Labute approximate surface area is 222 Å². The SMILES string of the molecule is CCc1ccc2[nH]c(=O)c([C@H](c3nnnn3C3CCCCC3)N(Cc3ccco3)C[C@@H]3CCCO3)cc2c1. The number of ether oxygens (including phenoxy) is 1. The van der Waals surface area contributed by atoms with E-state index in [-0.39, 0.29) is 17.7 Å². The second-order valence-corrected chi connectivity index (χ2v) is 10.6. The highest BCUT2D eigenvalue weighted by molar-refractivity contribution is 5.80. The van der Waals surface area contributed by atoms with Crippen LogP contribution in [0.15, 0.2) is 51.9 Å². The Bertz CT molecular complexity index is 1400. The average molecular weight is 517 g/mol. The Morgan fingerprint density at radius 3 is 2.79 bits per heavy atom. The second-order valence-electron chi connectivity index (χ2n) is 10.6. The van der Waals surface area contributed by atoms with Gasteiger partial charge in [0.15, 0.2) is 5.82 Å². The van der Waals surface area contributed by atoms with Gasteiger partial charge in [-0.1, -0.05) is 32.3 Å². The van der Waals surface area contributed by atoms with E-state index in [1.54, 1.807) is 6.26 Å². The van der Waals surface area contributed by atoms with E-state index in [1.807, 2.05) is 28.9 Å². The highest BCUT2D eigenvalue weighted by atomic mass is 16.5. The smallest absolute Gasteiger partial charge is 0.253 e. The average Bonchev–Trinajstić information content (AvgIpc) is 3.73. The number of aromatic nitrogens is 5. The summed E-state index contributed by atoms with van der Waals surface area (Å²) in [4.78, 5) is 19.1. The topological polar surface area (TPSA) is 102 Å². The summed E-state index contributed by atoms with van der Waals surface area (Å²) in [6.45, 7) is 4.07. The molecule has 2 aliphatic rings. The van der Waals surface area contributed by atoms with Crippen LogP contribution in [-0.2, 0) is 17.7 Å². The first kappa shape index (κ1) is 25.0. The highest BCUT2D eigenvalue weighted by Gasteiger charge is 2.35. The van der Waals surface area contributed by atoms with Gasteiger partial charge in [0.05, 0.1) is 25.0 Å².